The fraction of sp³-hybridized carbons (Fsp3) is 0.833. The highest BCUT2D eigenvalue weighted by atomic mass is 16.7. The molecule has 1 aromatic heterocycles. The zero-order chi connectivity index (χ0) is 18.9. The van der Waals surface area contributed by atoms with Crippen LogP contribution in [0.3, 0.4) is 0 Å². The van der Waals surface area contributed by atoms with Crippen LogP contribution in [-0.4, -0.2) is 71.5 Å². The van der Waals surface area contributed by atoms with Crippen LogP contribution in [0.2, 0.25) is 0 Å². The second-order valence-electron chi connectivity index (χ2n) is 7.13. The largest absolute Gasteiger partial charge is 0.351 e. The van der Waals surface area contributed by atoms with Gasteiger partial charge in [-0.2, -0.15) is 0 Å². The molecule has 1 aliphatic rings. The minimum atomic E-state index is -0.384. The molecule has 2 heterocycles. The maximum Gasteiger partial charge on any atom is 0.273 e. The van der Waals surface area contributed by atoms with Crippen molar-refractivity contribution < 1.29 is 14.3 Å². The van der Waals surface area contributed by atoms with Crippen molar-refractivity contribution in [2.75, 3.05) is 39.4 Å². The first-order chi connectivity index (χ1) is 12.5. The van der Waals surface area contributed by atoms with Crippen LogP contribution in [0.1, 0.15) is 44.6 Å². The fourth-order valence-corrected chi connectivity index (χ4v) is 3.56. The number of hydrogen-bond donors (Lipinski definition) is 1. The number of nitrogens with zero attached hydrogens (tertiary/aromatic N) is 4. The molecule has 8 heteroatoms. The first kappa shape index (κ1) is 20.8. The van der Waals surface area contributed by atoms with Crippen LogP contribution in [0.5, 0.6) is 0 Å². The van der Waals surface area contributed by atoms with Crippen molar-refractivity contribution in [2.24, 2.45) is 11.8 Å². The Labute approximate surface area is 156 Å². The SMILES string of the molecule is CCOC(Cn1cc(C(=O)NCCN2CC(C)CC(C)C2)nn1)OCC. The van der Waals surface area contributed by atoms with Gasteiger partial charge in [0.15, 0.2) is 12.0 Å². The molecule has 148 valence electrons. The maximum atomic E-state index is 12.3. The summed E-state index contributed by atoms with van der Waals surface area (Å²) >= 11 is 0. The quantitative estimate of drug-likeness (QED) is 0.629. The van der Waals surface area contributed by atoms with Crippen molar-refractivity contribution in [2.45, 2.75) is 47.0 Å². The molecular formula is C18H33N5O3. The van der Waals surface area contributed by atoms with Crippen molar-refractivity contribution in [3.05, 3.63) is 11.9 Å². The highest BCUT2D eigenvalue weighted by molar-refractivity contribution is 5.91. The molecule has 2 rings (SSSR count). The lowest BCUT2D eigenvalue weighted by Crippen LogP contribution is -2.42. The second-order valence-corrected chi connectivity index (χ2v) is 7.13. The number of ether oxygens (including phenoxy) is 2. The zero-order valence-electron chi connectivity index (χ0n) is 16.5. The Hall–Kier alpha value is -1.51. The van der Waals surface area contributed by atoms with Gasteiger partial charge in [0, 0.05) is 39.4 Å². The monoisotopic (exact) mass is 367 g/mol. The Morgan fingerprint density at radius 3 is 2.54 bits per heavy atom. The van der Waals surface area contributed by atoms with E-state index in [0.29, 0.717) is 32.0 Å². The molecule has 0 spiro atoms. The van der Waals surface area contributed by atoms with Gasteiger partial charge in [0.25, 0.3) is 5.91 Å². The maximum absolute atomic E-state index is 12.3. The third-order valence-corrected chi connectivity index (χ3v) is 4.47. The number of hydrogen-bond acceptors (Lipinski definition) is 6. The van der Waals surface area contributed by atoms with Crippen molar-refractivity contribution in [3.8, 4) is 0 Å². The summed E-state index contributed by atoms with van der Waals surface area (Å²) in [6.07, 6.45) is 2.53. The number of aromatic nitrogens is 3. The molecule has 1 aromatic rings. The zero-order valence-corrected chi connectivity index (χ0v) is 16.5. The number of amides is 1. The van der Waals surface area contributed by atoms with Crippen molar-refractivity contribution in [3.63, 3.8) is 0 Å². The van der Waals surface area contributed by atoms with E-state index in [-0.39, 0.29) is 12.2 Å². The number of nitrogens with one attached hydrogen (secondary N) is 1. The lowest BCUT2D eigenvalue weighted by Gasteiger charge is -2.34. The summed E-state index contributed by atoms with van der Waals surface area (Å²) in [5.74, 6) is 1.25. The second kappa shape index (κ2) is 10.6. The first-order valence-electron chi connectivity index (χ1n) is 9.65. The summed E-state index contributed by atoms with van der Waals surface area (Å²) in [6.45, 7) is 13.6. The average Bonchev–Trinajstić information content (AvgIpc) is 3.03. The number of carbonyl (C=O) groups is 1. The van der Waals surface area contributed by atoms with Crippen molar-refractivity contribution in [1.29, 1.82) is 0 Å². The Morgan fingerprint density at radius 2 is 1.92 bits per heavy atom. The topological polar surface area (TPSA) is 81.5 Å². The Morgan fingerprint density at radius 1 is 1.27 bits per heavy atom. The van der Waals surface area contributed by atoms with Gasteiger partial charge in [0.05, 0.1) is 12.7 Å². The van der Waals surface area contributed by atoms with Gasteiger partial charge in [-0.1, -0.05) is 19.1 Å². The lowest BCUT2D eigenvalue weighted by atomic mass is 9.92. The van der Waals surface area contributed by atoms with Crippen LogP contribution in [0.4, 0.5) is 0 Å². The summed E-state index contributed by atoms with van der Waals surface area (Å²) in [7, 11) is 0. The van der Waals surface area contributed by atoms with E-state index in [4.69, 9.17) is 9.47 Å². The van der Waals surface area contributed by atoms with E-state index >= 15 is 0 Å². The van der Waals surface area contributed by atoms with E-state index in [1.54, 1.807) is 10.9 Å². The standard InChI is InChI=1S/C18H33N5O3/c1-5-25-17(26-6-2)13-23-12-16(20-21-23)18(24)19-7-8-22-10-14(3)9-15(4)11-22/h12,14-15,17H,5-11,13H2,1-4H3,(H,19,24). The predicted octanol–water partition coefficient (Wildman–Crippen LogP) is 1.38. The van der Waals surface area contributed by atoms with E-state index < -0.39 is 0 Å². The minimum Gasteiger partial charge on any atom is -0.351 e. The number of likely N-dealkylation sites (tertiary alicyclic amines) is 1. The van der Waals surface area contributed by atoms with Crippen molar-refractivity contribution in [1.82, 2.24) is 25.2 Å². The summed E-state index contributed by atoms with van der Waals surface area (Å²) in [5, 5.41) is 10.9. The molecular weight excluding hydrogens is 334 g/mol. The van der Waals surface area contributed by atoms with Gasteiger partial charge in [-0.25, -0.2) is 4.68 Å². The lowest BCUT2D eigenvalue weighted by molar-refractivity contribution is -0.145. The molecule has 2 unspecified atom stereocenters. The molecule has 0 radical (unpaired) electrons. The smallest absolute Gasteiger partial charge is 0.273 e. The highest BCUT2D eigenvalue weighted by Gasteiger charge is 2.21. The van der Waals surface area contributed by atoms with Gasteiger partial charge in [-0.05, 0) is 32.1 Å². The normalized spacial score (nSPS) is 21.3. The number of rotatable bonds is 10. The summed E-state index contributed by atoms with van der Waals surface area (Å²) in [4.78, 5) is 14.7. The van der Waals surface area contributed by atoms with Crippen LogP contribution >= 0.6 is 0 Å². The number of carbonyl (C=O) groups excluding carboxylic acids is 1. The Balaban J connectivity index is 1.76. The van der Waals surface area contributed by atoms with E-state index in [1.165, 1.54) is 6.42 Å². The Bertz CT molecular complexity index is 535. The summed E-state index contributed by atoms with van der Waals surface area (Å²) < 4.78 is 12.6. The molecule has 0 bridgehead atoms. The molecule has 1 saturated heterocycles. The molecule has 1 amide bonds. The van der Waals surface area contributed by atoms with Crippen LogP contribution in [-0.2, 0) is 16.0 Å². The van der Waals surface area contributed by atoms with Crippen LogP contribution < -0.4 is 5.32 Å². The molecule has 0 aromatic carbocycles. The predicted molar refractivity (Wildman–Crippen MR) is 98.8 cm³/mol. The average molecular weight is 367 g/mol. The third kappa shape index (κ3) is 6.66. The van der Waals surface area contributed by atoms with Gasteiger partial charge in [0.2, 0.25) is 0 Å². The fourth-order valence-electron chi connectivity index (χ4n) is 3.56. The van der Waals surface area contributed by atoms with Crippen LogP contribution in [0.15, 0.2) is 6.20 Å². The molecule has 1 N–H and O–H groups in total. The molecule has 2 atom stereocenters. The molecule has 1 aliphatic heterocycles. The van der Waals surface area contributed by atoms with Crippen molar-refractivity contribution >= 4 is 5.91 Å². The molecule has 0 saturated carbocycles. The van der Waals surface area contributed by atoms with Crippen LogP contribution in [0, 0.1) is 11.8 Å². The Kier molecular flexibility index (Phi) is 8.47. The molecule has 8 nitrogen and oxygen atoms in total. The summed E-state index contributed by atoms with van der Waals surface area (Å²) in [6, 6.07) is 0. The first-order valence-corrected chi connectivity index (χ1v) is 9.65. The van der Waals surface area contributed by atoms with E-state index in [2.05, 4.69) is 34.4 Å². The van der Waals surface area contributed by atoms with Gasteiger partial charge in [0.1, 0.15) is 0 Å². The van der Waals surface area contributed by atoms with E-state index in [0.717, 1.165) is 31.5 Å². The van der Waals surface area contributed by atoms with Gasteiger partial charge < -0.3 is 19.7 Å². The van der Waals surface area contributed by atoms with Crippen LogP contribution in [0.25, 0.3) is 0 Å². The third-order valence-electron chi connectivity index (χ3n) is 4.47. The van der Waals surface area contributed by atoms with E-state index in [1.807, 2.05) is 13.8 Å². The highest BCUT2D eigenvalue weighted by Crippen LogP contribution is 2.20. The summed E-state index contributed by atoms with van der Waals surface area (Å²) in [5.41, 5.74) is 0.317. The van der Waals surface area contributed by atoms with E-state index in [9.17, 15) is 4.79 Å². The number of piperidine rings is 1. The molecule has 26 heavy (non-hydrogen) atoms. The minimum absolute atomic E-state index is 0.196. The van der Waals surface area contributed by atoms with Gasteiger partial charge >= 0.3 is 0 Å². The van der Waals surface area contributed by atoms with Gasteiger partial charge in [-0.15, -0.1) is 5.10 Å². The molecule has 0 aliphatic carbocycles. The van der Waals surface area contributed by atoms with Gasteiger partial charge in [-0.3, -0.25) is 4.79 Å². The molecule has 1 fully saturated rings.